The van der Waals surface area contributed by atoms with Gasteiger partial charge in [0.25, 0.3) is 5.91 Å². The Bertz CT molecular complexity index is 500. The fourth-order valence-electron chi connectivity index (χ4n) is 2.87. The third kappa shape index (κ3) is 2.90. The highest BCUT2D eigenvalue weighted by Gasteiger charge is 2.37. The second-order valence-corrected chi connectivity index (χ2v) is 5.88. The highest BCUT2D eigenvalue weighted by molar-refractivity contribution is 6.29. The predicted octanol–water partition coefficient (Wildman–Crippen LogP) is 3.43. The summed E-state index contributed by atoms with van der Waals surface area (Å²) in [4.78, 5) is 18.6. The van der Waals surface area contributed by atoms with Crippen LogP contribution in [-0.2, 0) is 0 Å². The van der Waals surface area contributed by atoms with Gasteiger partial charge in [0.05, 0.1) is 0 Å². The van der Waals surface area contributed by atoms with Crippen LogP contribution in [0.15, 0.2) is 12.1 Å². The van der Waals surface area contributed by atoms with Crippen molar-refractivity contribution >= 4 is 23.3 Å². The van der Waals surface area contributed by atoms with Gasteiger partial charge in [-0.15, -0.1) is 0 Å². The van der Waals surface area contributed by atoms with Crippen LogP contribution in [0, 0.1) is 5.41 Å². The molecule has 1 amide bonds. The van der Waals surface area contributed by atoms with E-state index in [1.54, 1.807) is 19.2 Å². The molecule has 0 aliphatic carbocycles. The lowest BCUT2D eigenvalue weighted by molar-refractivity contribution is 0.0770. The van der Waals surface area contributed by atoms with E-state index in [2.05, 4.69) is 24.1 Å². The molecule has 0 atom stereocenters. The molecule has 0 aromatic carbocycles. The van der Waals surface area contributed by atoms with Crippen molar-refractivity contribution < 1.29 is 4.79 Å². The minimum Gasteiger partial charge on any atom is -0.373 e. The zero-order valence-corrected chi connectivity index (χ0v) is 13.1. The van der Waals surface area contributed by atoms with Gasteiger partial charge in [0.2, 0.25) is 0 Å². The number of carbonyl (C=O) groups excluding carboxylic acids is 1. The summed E-state index contributed by atoms with van der Waals surface area (Å²) in [5.74, 6) is 0.673. The molecule has 5 heteroatoms. The molecule has 0 saturated carbocycles. The van der Waals surface area contributed by atoms with E-state index in [1.807, 2.05) is 4.90 Å². The molecular weight excluding hydrogens is 274 g/mol. The summed E-state index contributed by atoms with van der Waals surface area (Å²) >= 11 is 5.97. The van der Waals surface area contributed by atoms with Crippen molar-refractivity contribution in [2.75, 3.05) is 25.5 Å². The van der Waals surface area contributed by atoms with E-state index in [0.717, 1.165) is 32.4 Å². The maximum Gasteiger partial charge on any atom is 0.254 e. The van der Waals surface area contributed by atoms with Gasteiger partial charge >= 0.3 is 0 Å². The number of nitrogens with zero attached hydrogens (tertiary/aromatic N) is 2. The van der Waals surface area contributed by atoms with E-state index in [-0.39, 0.29) is 5.91 Å². The topological polar surface area (TPSA) is 45.2 Å². The Labute approximate surface area is 125 Å². The third-order valence-corrected chi connectivity index (χ3v) is 4.72. The molecule has 1 fully saturated rings. The van der Waals surface area contributed by atoms with Crippen LogP contribution in [0.1, 0.15) is 43.5 Å². The van der Waals surface area contributed by atoms with Crippen molar-refractivity contribution in [3.8, 4) is 0 Å². The molecule has 1 aromatic heterocycles. The minimum atomic E-state index is 0.0505. The van der Waals surface area contributed by atoms with E-state index < -0.39 is 0 Å². The molecule has 20 heavy (non-hydrogen) atoms. The van der Waals surface area contributed by atoms with E-state index in [0.29, 0.717) is 21.9 Å². The molecule has 1 saturated heterocycles. The number of rotatable bonds is 4. The number of carbonyl (C=O) groups is 1. The van der Waals surface area contributed by atoms with Gasteiger partial charge in [-0.05, 0) is 36.8 Å². The number of halogens is 1. The molecule has 1 N–H and O–H groups in total. The Morgan fingerprint density at radius 1 is 1.45 bits per heavy atom. The quantitative estimate of drug-likeness (QED) is 0.866. The number of anilines is 1. The van der Waals surface area contributed by atoms with Gasteiger partial charge in [0.15, 0.2) is 0 Å². The van der Waals surface area contributed by atoms with E-state index >= 15 is 0 Å². The SMILES string of the molecule is CCC1(CC)CCN(C(=O)c2cc(Cl)nc(NC)c2)C1. The van der Waals surface area contributed by atoms with E-state index in [9.17, 15) is 4.79 Å². The van der Waals surface area contributed by atoms with Crippen molar-refractivity contribution in [1.29, 1.82) is 0 Å². The lowest BCUT2D eigenvalue weighted by atomic mass is 9.82. The lowest BCUT2D eigenvalue weighted by Crippen LogP contribution is -2.31. The summed E-state index contributed by atoms with van der Waals surface area (Å²) in [6.07, 6.45) is 3.32. The van der Waals surface area contributed by atoms with Crippen LogP contribution in [0.25, 0.3) is 0 Å². The van der Waals surface area contributed by atoms with Crippen molar-refractivity contribution in [2.24, 2.45) is 5.41 Å². The molecule has 0 radical (unpaired) electrons. The first-order chi connectivity index (χ1) is 9.53. The maximum absolute atomic E-state index is 12.6. The summed E-state index contributed by atoms with van der Waals surface area (Å²) in [5.41, 5.74) is 0.899. The fourth-order valence-corrected chi connectivity index (χ4v) is 3.08. The number of hydrogen-bond acceptors (Lipinski definition) is 3. The first kappa shape index (κ1) is 15.1. The first-order valence-electron chi connectivity index (χ1n) is 7.18. The first-order valence-corrected chi connectivity index (χ1v) is 7.56. The van der Waals surface area contributed by atoms with Crippen LogP contribution in [0.2, 0.25) is 5.15 Å². The van der Waals surface area contributed by atoms with Crippen LogP contribution >= 0.6 is 11.6 Å². The van der Waals surface area contributed by atoms with Crippen LogP contribution in [-0.4, -0.2) is 35.9 Å². The van der Waals surface area contributed by atoms with E-state index in [4.69, 9.17) is 11.6 Å². The summed E-state index contributed by atoms with van der Waals surface area (Å²) in [5, 5.41) is 3.27. The van der Waals surface area contributed by atoms with Crippen molar-refractivity contribution in [1.82, 2.24) is 9.88 Å². The number of pyridine rings is 1. The molecule has 1 aromatic rings. The van der Waals surface area contributed by atoms with Gasteiger partial charge < -0.3 is 10.2 Å². The number of aromatic nitrogens is 1. The molecule has 110 valence electrons. The van der Waals surface area contributed by atoms with Crippen molar-refractivity contribution in [2.45, 2.75) is 33.1 Å². The van der Waals surface area contributed by atoms with Gasteiger partial charge in [-0.3, -0.25) is 4.79 Å². The Hall–Kier alpha value is -1.29. The molecule has 4 nitrogen and oxygen atoms in total. The molecular formula is C15H22ClN3O. The van der Waals surface area contributed by atoms with Crippen LogP contribution < -0.4 is 5.32 Å². The molecule has 2 heterocycles. The largest absolute Gasteiger partial charge is 0.373 e. The molecule has 2 rings (SSSR count). The standard InChI is InChI=1S/C15H22ClN3O/c1-4-15(5-2)6-7-19(10-15)14(20)11-8-12(16)18-13(9-11)17-3/h8-9H,4-7,10H2,1-3H3,(H,17,18). The third-order valence-electron chi connectivity index (χ3n) is 4.52. The summed E-state index contributed by atoms with van der Waals surface area (Å²) < 4.78 is 0. The second kappa shape index (κ2) is 6.00. The maximum atomic E-state index is 12.6. The highest BCUT2D eigenvalue weighted by Crippen LogP contribution is 2.37. The van der Waals surface area contributed by atoms with Crippen LogP contribution in [0.3, 0.4) is 0 Å². The Morgan fingerprint density at radius 2 is 2.15 bits per heavy atom. The Morgan fingerprint density at radius 3 is 2.70 bits per heavy atom. The summed E-state index contributed by atoms with van der Waals surface area (Å²) in [6.45, 7) is 6.09. The van der Waals surface area contributed by atoms with Gasteiger partial charge in [0, 0.05) is 25.7 Å². The number of amides is 1. The average Bonchev–Trinajstić information content (AvgIpc) is 2.91. The Balaban J connectivity index is 2.19. The lowest BCUT2D eigenvalue weighted by Gasteiger charge is -2.26. The van der Waals surface area contributed by atoms with Gasteiger partial charge in [-0.2, -0.15) is 0 Å². The minimum absolute atomic E-state index is 0.0505. The van der Waals surface area contributed by atoms with Crippen molar-refractivity contribution in [3.05, 3.63) is 22.8 Å². The molecule has 1 aliphatic heterocycles. The number of hydrogen-bond donors (Lipinski definition) is 1. The number of likely N-dealkylation sites (tertiary alicyclic amines) is 1. The Kier molecular flexibility index (Phi) is 4.53. The zero-order chi connectivity index (χ0) is 14.8. The molecule has 0 unspecified atom stereocenters. The summed E-state index contributed by atoms with van der Waals surface area (Å²) in [7, 11) is 1.77. The van der Waals surface area contributed by atoms with Gasteiger partial charge in [-0.25, -0.2) is 4.98 Å². The second-order valence-electron chi connectivity index (χ2n) is 5.50. The van der Waals surface area contributed by atoms with E-state index in [1.165, 1.54) is 0 Å². The van der Waals surface area contributed by atoms with Crippen LogP contribution in [0.4, 0.5) is 5.82 Å². The summed E-state index contributed by atoms with van der Waals surface area (Å²) in [6, 6.07) is 3.40. The smallest absolute Gasteiger partial charge is 0.254 e. The zero-order valence-electron chi connectivity index (χ0n) is 12.4. The average molecular weight is 296 g/mol. The predicted molar refractivity (Wildman–Crippen MR) is 82.3 cm³/mol. The van der Waals surface area contributed by atoms with Crippen molar-refractivity contribution in [3.63, 3.8) is 0 Å². The molecule has 0 spiro atoms. The van der Waals surface area contributed by atoms with Crippen LogP contribution in [0.5, 0.6) is 0 Å². The monoisotopic (exact) mass is 295 g/mol. The highest BCUT2D eigenvalue weighted by atomic mass is 35.5. The molecule has 1 aliphatic rings. The fraction of sp³-hybridized carbons (Fsp3) is 0.600. The number of nitrogens with one attached hydrogen (secondary N) is 1. The van der Waals surface area contributed by atoms with Gasteiger partial charge in [0.1, 0.15) is 11.0 Å². The van der Waals surface area contributed by atoms with Gasteiger partial charge in [-0.1, -0.05) is 25.4 Å². The normalized spacial score (nSPS) is 17.3. The molecule has 0 bridgehead atoms.